The number of aliphatic carboxylic acids is 1. The zero-order valence-electron chi connectivity index (χ0n) is 19.7. The number of aromatic nitrogens is 5. The van der Waals surface area contributed by atoms with E-state index in [4.69, 9.17) is 15.1 Å². The zero-order valence-corrected chi connectivity index (χ0v) is 19.7. The molecule has 1 atom stereocenters. The van der Waals surface area contributed by atoms with E-state index in [1.54, 1.807) is 24.3 Å². The van der Waals surface area contributed by atoms with Crippen LogP contribution >= 0.6 is 0 Å². The van der Waals surface area contributed by atoms with Crippen LogP contribution in [0.15, 0.2) is 34.0 Å². The van der Waals surface area contributed by atoms with Crippen LogP contribution in [-0.4, -0.2) is 63.1 Å². The number of hydrazone groups is 1. The lowest BCUT2D eigenvalue weighted by molar-refractivity contribution is -0.921. The number of rotatable bonds is 10. The average molecular weight is 498 g/mol. The molecule has 0 saturated heterocycles. The molecule has 4 N–H and O–H groups in total. The molecule has 3 aromatic rings. The summed E-state index contributed by atoms with van der Waals surface area (Å²) < 4.78 is 11.1. The number of hydrogen-bond acceptors (Lipinski definition) is 11. The van der Waals surface area contributed by atoms with E-state index in [0.717, 1.165) is 12.8 Å². The number of carboxylic acids is 1. The minimum absolute atomic E-state index is 0.0356. The second-order valence-electron chi connectivity index (χ2n) is 8.56. The molecule has 14 nitrogen and oxygen atoms in total. The Kier molecular flexibility index (Phi) is 7.85. The van der Waals surface area contributed by atoms with Crippen LogP contribution in [0, 0.1) is 0 Å². The Labute approximate surface area is 206 Å². The van der Waals surface area contributed by atoms with Crippen molar-refractivity contribution in [2.24, 2.45) is 5.10 Å². The van der Waals surface area contributed by atoms with Crippen LogP contribution in [0.5, 0.6) is 5.75 Å². The van der Waals surface area contributed by atoms with Gasteiger partial charge in [0.2, 0.25) is 11.6 Å². The summed E-state index contributed by atoms with van der Waals surface area (Å²) >= 11 is 0. The fraction of sp³-hybridized carbons (Fsp3) is 0.409. The van der Waals surface area contributed by atoms with Crippen molar-refractivity contribution in [3.63, 3.8) is 0 Å². The van der Waals surface area contributed by atoms with Crippen LogP contribution < -0.4 is 25.9 Å². The quantitative estimate of drug-likeness (QED) is 0.219. The van der Waals surface area contributed by atoms with Gasteiger partial charge in [0.1, 0.15) is 24.6 Å². The predicted octanol–water partition coefficient (Wildman–Crippen LogP) is -1.53. The van der Waals surface area contributed by atoms with Crippen molar-refractivity contribution in [2.45, 2.75) is 44.7 Å². The SMILES string of the molecule is C[NH+](Cc1c(C(=O)N/N=C/c2ccc(OCC(=O)[O-])cc2)nnn1-c1nonc1N)C1CCCCC1. The highest BCUT2D eigenvalue weighted by atomic mass is 16.6. The van der Waals surface area contributed by atoms with Gasteiger partial charge in [0.05, 0.1) is 25.3 Å². The topological polar surface area (TPSA) is 191 Å². The summed E-state index contributed by atoms with van der Waals surface area (Å²) in [5.74, 6) is -1.29. The first-order valence-electron chi connectivity index (χ1n) is 11.5. The third-order valence-electron chi connectivity index (χ3n) is 6.04. The normalized spacial score (nSPS) is 15.1. The van der Waals surface area contributed by atoms with Crippen molar-refractivity contribution < 1.29 is 29.0 Å². The molecule has 190 valence electrons. The Balaban J connectivity index is 1.48. The summed E-state index contributed by atoms with van der Waals surface area (Å²) in [5.41, 5.74) is 9.59. The number of amides is 1. The van der Waals surface area contributed by atoms with E-state index in [2.05, 4.69) is 38.2 Å². The van der Waals surface area contributed by atoms with E-state index < -0.39 is 18.5 Å². The third kappa shape index (κ3) is 6.02. The molecule has 1 fully saturated rings. The Morgan fingerprint density at radius 1 is 1.28 bits per heavy atom. The molecule has 1 saturated carbocycles. The van der Waals surface area contributed by atoms with E-state index in [1.165, 1.54) is 35.1 Å². The molecule has 2 heterocycles. The number of carbonyl (C=O) groups excluding carboxylic acids is 2. The molecule has 0 spiro atoms. The van der Waals surface area contributed by atoms with Crippen LogP contribution in [0.2, 0.25) is 0 Å². The third-order valence-corrected chi connectivity index (χ3v) is 6.04. The fourth-order valence-corrected chi connectivity index (χ4v) is 4.16. The minimum atomic E-state index is -1.31. The summed E-state index contributed by atoms with van der Waals surface area (Å²) in [6.45, 7) is -0.0794. The highest BCUT2D eigenvalue weighted by Crippen LogP contribution is 2.18. The first-order valence-corrected chi connectivity index (χ1v) is 11.5. The summed E-state index contributed by atoms with van der Waals surface area (Å²) in [6.07, 6.45) is 7.28. The lowest BCUT2D eigenvalue weighted by Gasteiger charge is -2.28. The van der Waals surface area contributed by atoms with Crippen LogP contribution in [0.4, 0.5) is 5.82 Å². The number of quaternary nitrogens is 1. The zero-order chi connectivity index (χ0) is 25.5. The van der Waals surface area contributed by atoms with E-state index in [9.17, 15) is 14.7 Å². The van der Waals surface area contributed by atoms with Crippen LogP contribution in [0.3, 0.4) is 0 Å². The molecule has 1 unspecified atom stereocenters. The highest BCUT2D eigenvalue weighted by Gasteiger charge is 2.29. The second-order valence-corrected chi connectivity index (χ2v) is 8.56. The summed E-state index contributed by atoms with van der Waals surface area (Å²) in [7, 11) is 2.08. The number of nitrogen functional groups attached to an aromatic ring is 1. The van der Waals surface area contributed by atoms with Gasteiger partial charge in [0.25, 0.3) is 5.91 Å². The van der Waals surface area contributed by atoms with E-state index in [1.807, 2.05) is 0 Å². The smallest absolute Gasteiger partial charge is 0.294 e. The number of hydrogen-bond donors (Lipinski definition) is 3. The number of carbonyl (C=O) groups is 2. The van der Waals surface area contributed by atoms with Crippen LogP contribution in [0.1, 0.15) is 53.8 Å². The van der Waals surface area contributed by atoms with Gasteiger partial charge in [-0.2, -0.15) is 9.78 Å². The van der Waals surface area contributed by atoms with Gasteiger partial charge in [-0.05, 0) is 65.8 Å². The number of nitrogens with two attached hydrogens (primary N) is 1. The maximum atomic E-state index is 13.0. The van der Waals surface area contributed by atoms with Crippen molar-refractivity contribution in [2.75, 3.05) is 19.4 Å². The first-order chi connectivity index (χ1) is 17.4. The van der Waals surface area contributed by atoms with E-state index in [-0.39, 0.29) is 17.3 Å². The second kappa shape index (κ2) is 11.4. The minimum Gasteiger partial charge on any atom is -0.546 e. The monoisotopic (exact) mass is 497 g/mol. The first kappa shape index (κ1) is 24.8. The lowest BCUT2D eigenvalue weighted by atomic mass is 9.94. The van der Waals surface area contributed by atoms with Crippen LogP contribution in [0.25, 0.3) is 5.82 Å². The van der Waals surface area contributed by atoms with Gasteiger partial charge in [-0.1, -0.05) is 11.6 Å². The molecular formula is C22H27N9O5. The Morgan fingerprint density at radius 2 is 2.03 bits per heavy atom. The van der Waals surface area contributed by atoms with Gasteiger partial charge >= 0.3 is 0 Å². The number of nitrogens with one attached hydrogen (secondary N) is 2. The molecule has 1 aliphatic carbocycles. The van der Waals surface area contributed by atoms with Gasteiger partial charge in [0, 0.05) is 0 Å². The number of carboxylic acid groups (broad SMARTS) is 1. The molecule has 1 amide bonds. The fourth-order valence-electron chi connectivity index (χ4n) is 4.16. The molecule has 2 aromatic heterocycles. The largest absolute Gasteiger partial charge is 0.546 e. The number of nitrogens with zero attached hydrogens (tertiary/aromatic N) is 6. The summed E-state index contributed by atoms with van der Waals surface area (Å²) in [4.78, 5) is 24.7. The molecule has 0 aliphatic heterocycles. The molecule has 1 aliphatic rings. The van der Waals surface area contributed by atoms with Gasteiger partial charge < -0.3 is 25.3 Å². The molecular weight excluding hydrogens is 470 g/mol. The van der Waals surface area contributed by atoms with Gasteiger partial charge in [0.15, 0.2) is 5.69 Å². The van der Waals surface area contributed by atoms with Crippen molar-refractivity contribution in [3.8, 4) is 11.6 Å². The highest BCUT2D eigenvalue weighted by molar-refractivity contribution is 5.94. The van der Waals surface area contributed by atoms with Crippen molar-refractivity contribution in [1.29, 1.82) is 0 Å². The van der Waals surface area contributed by atoms with E-state index >= 15 is 0 Å². The number of ether oxygens (including phenoxy) is 1. The Morgan fingerprint density at radius 3 is 2.69 bits per heavy atom. The Hall–Kier alpha value is -4.33. The average Bonchev–Trinajstić information content (AvgIpc) is 3.49. The molecule has 36 heavy (non-hydrogen) atoms. The molecule has 0 bridgehead atoms. The van der Waals surface area contributed by atoms with Crippen LogP contribution in [-0.2, 0) is 11.3 Å². The summed E-state index contributed by atoms with van der Waals surface area (Å²) in [5, 5.41) is 30.0. The summed E-state index contributed by atoms with van der Waals surface area (Å²) in [6, 6.07) is 6.93. The van der Waals surface area contributed by atoms with Gasteiger partial charge in [-0.25, -0.2) is 10.1 Å². The van der Waals surface area contributed by atoms with Crippen molar-refractivity contribution in [1.82, 2.24) is 30.7 Å². The van der Waals surface area contributed by atoms with E-state index in [0.29, 0.717) is 29.6 Å². The lowest BCUT2D eigenvalue weighted by Crippen LogP contribution is -3.11. The Bertz CT molecular complexity index is 1210. The standard InChI is InChI=1S/C22H27N9O5/c1-30(15-5-3-2-4-6-15)12-17-19(25-29-31(17)21-20(23)27-36-28-21)22(34)26-24-11-14-7-9-16(10-8-14)35-13-18(32)33/h7-11,15H,2-6,12-13H2,1H3,(H2,23,27)(H,26,34)(H,32,33)/b24-11+. The number of anilines is 1. The molecule has 1 aromatic carbocycles. The maximum Gasteiger partial charge on any atom is 0.294 e. The predicted molar refractivity (Wildman–Crippen MR) is 123 cm³/mol. The molecule has 14 heteroatoms. The molecule has 4 rings (SSSR count). The van der Waals surface area contributed by atoms with Gasteiger partial charge in [-0.3, -0.25) is 4.79 Å². The van der Waals surface area contributed by atoms with Gasteiger partial charge in [-0.15, -0.1) is 5.10 Å². The molecule has 0 radical (unpaired) electrons. The number of benzene rings is 1. The van der Waals surface area contributed by atoms with Crippen molar-refractivity contribution in [3.05, 3.63) is 41.2 Å². The maximum absolute atomic E-state index is 13.0. The van der Waals surface area contributed by atoms with Crippen molar-refractivity contribution >= 4 is 23.9 Å².